The van der Waals surface area contributed by atoms with Gasteiger partial charge in [-0.25, -0.2) is 5.43 Å². The number of carbonyl (C=O) groups excluding carboxylic acids is 1. The molecule has 32 heavy (non-hydrogen) atoms. The van der Waals surface area contributed by atoms with Crippen LogP contribution in [0.3, 0.4) is 0 Å². The Kier molecular flexibility index (Phi) is 8.04. The highest BCUT2D eigenvalue weighted by atomic mass is 32.2. The van der Waals surface area contributed by atoms with Crippen LogP contribution >= 0.6 is 11.8 Å². The Balaban J connectivity index is 1.62. The normalized spacial score (nSPS) is 12.2. The maximum absolute atomic E-state index is 12.6. The summed E-state index contributed by atoms with van der Waals surface area (Å²) < 4.78 is 1.94. The van der Waals surface area contributed by atoms with E-state index in [1.165, 1.54) is 11.8 Å². The SMILES string of the molecule is C=CCn1c(CNc2ccccc2)nnc1SC(C)C(=O)N/N=C(\C)c1ccc(N)cc1. The number of hydrazone groups is 1. The lowest BCUT2D eigenvalue weighted by atomic mass is 10.1. The second kappa shape index (κ2) is 11.1. The van der Waals surface area contributed by atoms with E-state index in [4.69, 9.17) is 5.73 Å². The van der Waals surface area contributed by atoms with Crippen LogP contribution in [-0.2, 0) is 17.9 Å². The van der Waals surface area contributed by atoms with Gasteiger partial charge >= 0.3 is 0 Å². The Hall–Kier alpha value is -3.59. The van der Waals surface area contributed by atoms with Crippen molar-refractivity contribution in [3.05, 3.63) is 78.6 Å². The summed E-state index contributed by atoms with van der Waals surface area (Å²) in [4.78, 5) is 12.6. The molecule has 3 aromatic rings. The van der Waals surface area contributed by atoms with Crippen molar-refractivity contribution < 1.29 is 4.79 Å². The molecule has 1 atom stereocenters. The van der Waals surface area contributed by atoms with E-state index in [0.29, 0.717) is 29.6 Å². The molecule has 3 rings (SSSR count). The highest BCUT2D eigenvalue weighted by molar-refractivity contribution is 8.00. The van der Waals surface area contributed by atoms with Gasteiger partial charge in [-0.3, -0.25) is 4.79 Å². The number of nitrogen functional groups attached to an aromatic ring is 1. The van der Waals surface area contributed by atoms with E-state index in [1.54, 1.807) is 18.2 Å². The number of nitrogens with one attached hydrogen (secondary N) is 2. The molecule has 0 aliphatic heterocycles. The number of rotatable bonds is 10. The lowest BCUT2D eigenvalue weighted by Gasteiger charge is -2.12. The van der Waals surface area contributed by atoms with Gasteiger partial charge in [0.25, 0.3) is 5.91 Å². The molecule has 8 nitrogen and oxygen atoms in total. The fourth-order valence-electron chi connectivity index (χ4n) is 2.82. The average Bonchev–Trinajstić information content (AvgIpc) is 3.18. The third-order valence-corrected chi connectivity index (χ3v) is 5.72. The number of nitrogens with two attached hydrogens (primary N) is 1. The van der Waals surface area contributed by atoms with Gasteiger partial charge in [0.15, 0.2) is 11.0 Å². The van der Waals surface area contributed by atoms with E-state index in [1.807, 2.05) is 60.9 Å². The molecule has 0 saturated carbocycles. The van der Waals surface area contributed by atoms with Crippen LogP contribution < -0.4 is 16.5 Å². The number of hydrogen-bond acceptors (Lipinski definition) is 7. The zero-order valence-corrected chi connectivity index (χ0v) is 19.0. The Labute approximate surface area is 192 Å². The van der Waals surface area contributed by atoms with E-state index in [0.717, 1.165) is 17.1 Å². The Morgan fingerprint density at radius 1 is 1.22 bits per heavy atom. The predicted octanol–water partition coefficient (Wildman–Crippen LogP) is 3.68. The molecule has 1 aromatic heterocycles. The van der Waals surface area contributed by atoms with Crippen LogP contribution in [0.4, 0.5) is 11.4 Å². The summed E-state index contributed by atoms with van der Waals surface area (Å²) in [5.41, 5.74) is 11.6. The van der Waals surface area contributed by atoms with Crippen molar-refractivity contribution in [1.82, 2.24) is 20.2 Å². The summed E-state index contributed by atoms with van der Waals surface area (Å²) in [5, 5.41) is 16.3. The summed E-state index contributed by atoms with van der Waals surface area (Å²) in [6.07, 6.45) is 1.78. The number of anilines is 2. The Bertz CT molecular complexity index is 1080. The summed E-state index contributed by atoms with van der Waals surface area (Å²) in [7, 11) is 0. The largest absolute Gasteiger partial charge is 0.399 e. The number of benzene rings is 2. The van der Waals surface area contributed by atoms with E-state index >= 15 is 0 Å². The standard InChI is InChI=1S/C23H27N7OS/c1-4-14-30-21(15-25-20-8-6-5-7-9-20)27-29-23(30)32-17(3)22(31)28-26-16(2)18-10-12-19(24)13-11-18/h4-13,17,25H,1,14-15,24H2,2-3H3,(H,28,31)/b26-16+. The van der Waals surface area contributed by atoms with Crippen LogP contribution in [0.2, 0.25) is 0 Å². The first-order valence-electron chi connectivity index (χ1n) is 10.2. The van der Waals surface area contributed by atoms with Crippen molar-refractivity contribution in [2.24, 2.45) is 5.10 Å². The van der Waals surface area contributed by atoms with Gasteiger partial charge in [-0.1, -0.05) is 48.2 Å². The molecule has 0 saturated heterocycles. The van der Waals surface area contributed by atoms with Gasteiger partial charge in [0, 0.05) is 17.9 Å². The van der Waals surface area contributed by atoms with Crippen LogP contribution in [0.5, 0.6) is 0 Å². The minimum atomic E-state index is -0.416. The maximum atomic E-state index is 12.6. The van der Waals surface area contributed by atoms with Crippen LogP contribution in [-0.4, -0.2) is 31.6 Å². The number of aromatic nitrogens is 3. The summed E-state index contributed by atoms with van der Waals surface area (Å²) in [5.74, 6) is 0.544. The van der Waals surface area contributed by atoms with E-state index in [2.05, 4.69) is 32.6 Å². The molecular weight excluding hydrogens is 422 g/mol. The molecule has 0 radical (unpaired) electrons. The third-order valence-electron chi connectivity index (χ3n) is 4.64. The molecule has 0 aliphatic rings. The molecular formula is C23H27N7OS. The fourth-order valence-corrected chi connectivity index (χ4v) is 3.69. The molecule has 9 heteroatoms. The minimum absolute atomic E-state index is 0.220. The Morgan fingerprint density at radius 2 is 1.94 bits per heavy atom. The average molecular weight is 450 g/mol. The number of hydrogen-bond donors (Lipinski definition) is 3. The quantitative estimate of drug-likeness (QED) is 0.143. The molecule has 1 unspecified atom stereocenters. The van der Waals surface area contributed by atoms with Gasteiger partial charge in [0.05, 0.1) is 17.5 Å². The number of thioether (sulfide) groups is 1. The number of para-hydroxylation sites is 1. The summed E-state index contributed by atoms with van der Waals surface area (Å²) in [6.45, 7) is 8.52. The van der Waals surface area contributed by atoms with Crippen LogP contribution in [0.1, 0.15) is 25.2 Å². The first kappa shape index (κ1) is 23.1. The number of carbonyl (C=O) groups is 1. The molecule has 1 heterocycles. The number of nitrogens with zero attached hydrogens (tertiary/aromatic N) is 4. The van der Waals surface area contributed by atoms with Crippen LogP contribution in [0, 0.1) is 0 Å². The minimum Gasteiger partial charge on any atom is -0.399 e. The van der Waals surface area contributed by atoms with Gasteiger partial charge < -0.3 is 15.6 Å². The smallest absolute Gasteiger partial charge is 0.253 e. The van der Waals surface area contributed by atoms with Crippen LogP contribution in [0.15, 0.2) is 77.5 Å². The highest BCUT2D eigenvalue weighted by Gasteiger charge is 2.19. The molecule has 166 valence electrons. The molecule has 0 spiro atoms. The van der Waals surface area contributed by atoms with Crippen molar-refractivity contribution in [2.75, 3.05) is 11.1 Å². The zero-order valence-electron chi connectivity index (χ0n) is 18.2. The van der Waals surface area contributed by atoms with E-state index in [9.17, 15) is 4.79 Å². The van der Waals surface area contributed by atoms with Gasteiger partial charge in [-0.15, -0.1) is 16.8 Å². The molecule has 4 N–H and O–H groups in total. The van der Waals surface area contributed by atoms with Gasteiger partial charge in [-0.05, 0) is 43.7 Å². The van der Waals surface area contributed by atoms with E-state index in [-0.39, 0.29) is 5.91 Å². The predicted molar refractivity (Wildman–Crippen MR) is 131 cm³/mol. The lowest BCUT2D eigenvalue weighted by Crippen LogP contribution is -2.28. The monoisotopic (exact) mass is 449 g/mol. The van der Waals surface area contributed by atoms with Crippen LogP contribution in [0.25, 0.3) is 0 Å². The molecule has 0 fully saturated rings. The fraction of sp³-hybridized carbons (Fsp3) is 0.217. The van der Waals surface area contributed by atoms with Crippen molar-refractivity contribution in [2.45, 2.75) is 37.3 Å². The van der Waals surface area contributed by atoms with Crippen molar-refractivity contribution >= 4 is 34.8 Å². The number of allylic oxidation sites excluding steroid dienone is 1. The van der Waals surface area contributed by atoms with Gasteiger partial charge in [0.1, 0.15) is 0 Å². The van der Waals surface area contributed by atoms with Gasteiger partial charge in [-0.2, -0.15) is 5.10 Å². The first-order valence-corrected chi connectivity index (χ1v) is 11.0. The third kappa shape index (κ3) is 6.21. The zero-order chi connectivity index (χ0) is 22.9. The second-order valence-electron chi connectivity index (χ2n) is 7.07. The molecule has 2 aromatic carbocycles. The van der Waals surface area contributed by atoms with Gasteiger partial charge in [0.2, 0.25) is 0 Å². The topological polar surface area (TPSA) is 110 Å². The molecule has 0 aliphatic carbocycles. The Morgan fingerprint density at radius 3 is 2.62 bits per heavy atom. The molecule has 1 amide bonds. The maximum Gasteiger partial charge on any atom is 0.253 e. The van der Waals surface area contributed by atoms with Crippen molar-refractivity contribution in [1.29, 1.82) is 0 Å². The highest BCUT2D eigenvalue weighted by Crippen LogP contribution is 2.23. The first-order chi connectivity index (χ1) is 15.5. The summed E-state index contributed by atoms with van der Waals surface area (Å²) in [6, 6.07) is 17.2. The number of amides is 1. The lowest BCUT2D eigenvalue weighted by molar-refractivity contribution is -0.120. The van der Waals surface area contributed by atoms with Crippen molar-refractivity contribution in [3.8, 4) is 0 Å². The second-order valence-corrected chi connectivity index (χ2v) is 8.38. The molecule has 0 bridgehead atoms. The summed E-state index contributed by atoms with van der Waals surface area (Å²) >= 11 is 1.33. The van der Waals surface area contributed by atoms with Crippen molar-refractivity contribution in [3.63, 3.8) is 0 Å². The van der Waals surface area contributed by atoms with E-state index < -0.39 is 5.25 Å².